The third kappa shape index (κ3) is 1.68. The zero-order chi connectivity index (χ0) is 12.5. The van der Waals surface area contributed by atoms with Crippen molar-refractivity contribution in [3.8, 4) is 5.82 Å². The van der Waals surface area contributed by atoms with Crippen molar-refractivity contribution >= 4 is 11.0 Å². The number of nitrogens with zero attached hydrogens (tertiary/aromatic N) is 3. The van der Waals surface area contributed by atoms with E-state index >= 15 is 0 Å². The number of benzene rings is 1. The monoisotopic (exact) mass is 237 g/mol. The van der Waals surface area contributed by atoms with Crippen LogP contribution in [0.5, 0.6) is 0 Å². The van der Waals surface area contributed by atoms with Crippen LogP contribution in [0.15, 0.2) is 48.9 Å². The Balaban J connectivity index is 2.27. The highest BCUT2D eigenvalue weighted by atomic mass is 15.1. The predicted molar refractivity (Wildman–Crippen MR) is 73.0 cm³/mol. The first-order chi connectivity index (χ1) is 8.77. The maximum Gasteiger partial charge on any atom is 0.141 e. The molecule has 0 unspecified atom stereocenters. The van der Waals surface area contributed by atoms with Gasteiger partial charge in [-0.2, -0.15) is 0 Å². The van der Waals surface area contributed by atoms with E-state index in [1.165, 1.54) is 5.56 Å². The molecule has 0 aliphatic rings. The lowest BCUT2D eigenvalue weighted by molar-refractivity contribution is 0.833. The van der Waals surface area contributed by atoms with Gasteiger partial charge in [0.2, 0.25) is 0 Å². The van der Waals surface area contributed by atoms with E-state index in [9.17, 15) is 0 Å². The zero-order valence-corrected chi connectivity index (χ0v) is 10.5. The number of para-hydroxylation sites is 2. The summed E-state index contributed by atoms with van der Waals surface area (Å²) in [6.45, 7) is 4.36. The number of aromatic nitrogens is 3. The van der Waals surface area contributed by atoms with Crippen molar-refractivity contribution in [2.75, 3.05) is 0 Å². The molecule has 0 atom stereocenters. The van der Waals surface area contributed by atoms with Crippen molar-refractivity contribution in [3.05, 3.63) is 54.5 Å². The molecule has 0 saturated heterocycles. The molecule has 0 bridgehead atoms. The topological polar surface area (TPSA) is 30.7 Å². The van der Waals surface area contributed by atoms with E-state index in [0.717, 1.165) is 16.9 Å². The molecule has 0 aliphatic heterocycles. The molecule has 0 spiro atoms. The molecule has 3 rings (SSSR count). The van der Waals surface area contributed by atoms with Crippen LogP contribution in [0.1, 0.15) is 25.3 Å². The fourth-order valence-electron chi connectivity index (χ4n) is 2.19. The number of imidazole rings is 1. The van der Waals surface area contributed by atoms with Crippen LogP contribution in [0.25, 0.3) is 16.9 Å². The summed E-state index contributed by atoms with van der Waals surface area (Å²) in [5.74, 6) is 1.41. The number of rotatable bonds is 2. The van der Waals surface area contributed by atoms with Gasteiger partial charge in [0.25, 0.3) is 0 Å². The Bertz CT molecular complexity index is 683. The Labute approximate surface area is 106 Å². The molecule has 0 saturated carbocycles. The summed E-state index contributed by atoms with van der Waals surface area (Å²) in [7, 11) is 0. The molecule has 0 amide bonds. The van der Waals surface area contributed by atoms with Crippen molar-refractivity contribution in [1.82, 2.24) is 14.5 Å². The molecule has 3 nitrogen and oxygen atoms in total. The Morgan fingerprint density at radius 3 is 2.67 bits per heavy atom. The maximum atomic E-state index is 4.52. The highest BCUT2D eigenvalue weighted by Crippen LogP contribution is 2.23. The van der Waals surface area contributed by atoms with Crippen LogP contribution < -0.4 is 0 Å². The molecule has 0 radical (unpaired) electrons. The van der Waals surface area contributed by atoms with Crippen molar-refractivity contribution in [2.24, 2.45) is 0 Å². The summed E-state index contributed by atoms with van der Waals surface area (Å²) in [6.07, 6.45) is 3.68. The molecule has 1 aromatic carbocycles. The van der Waals surface area contributed by atoms with Crippen LogP contribution >= 0.6 is 0 Å². The average molecular weight is 237 g/mol. The molecule has 0 aliphatic carbocycles. The summed E-state index contributed by atoms with van der Waals surface area (Å²) in [6, 6.07) is 12.2. The van der Waals surface area contributed by atoms with Crippen LogP contribution in [0.4, 0.5) is 0 Å². The van der Waals surface area contributed by atoms with Crippen LogP contribution in [0.2, 0.25) is 0 Å². The summed E-state index contributed by atoms with van der Waals surface area (Å²) in [5, 5.41) is 0. The molecule has 3 heteroatoms. The summed E-state index contributed by atoms with van der Waals surface area (Å²) in [4.78, 5) is 8.93. The number of fused-ring (bicyclic) bond motifs is 1. The van der Waals surface area contributed by atoms with E-state index in [1.807, 2.05) is 36.8 Å². The number of hydrogen-bond acceptors (Lipinski definition) is 2. The van der Waals surface area contributed by atoms with E-state index in [0.29, 0.717) is 5.92 Å². The molecule has 90 valence electrons. The van der Waals surface area contributed by atoms with Gasteiger partial charge in [0.05, 0.1) is 11.0 Å². The van der Waals surface area contributed by atoms with Gasteiger partial charge in [0.15, 0.2) is 0 Å². The van der Waals surface area contributed by atoms with Crippen LogP contribution in [0.3, 0.4) is 0 Å². The van der Waals surface area contributed by atoms with Crippen molar-refractivity contribution in [2.45, 2.75) is 19.8 Å². The van der Waals surface area contributed by atoms with Gasteiger partial charge < -0.3 is 0 Å². The zero-order valence-electron chi connectivity index (χ0n) is 10.5. The fraction of sp³-hybridized carbons (Fsp3) is 0.200. The second kappa shape index (κ2) is 4.26. The summed E-state index contributed by atoms with van der Waals surface area (Å²) >= 11 is 0. The first kappa shape index (κ1) is 11.0. The largest absolute Gasteiger partial charge is 0.283 e. The summed E-state index contributed by atoms with van der Waals surface area (Å²) < 4.78 is 2.06. The van der Waals surface area contributed by atoms with Gasteiger partial charge in [-0.1, -0.05) is 32.0 Å². The Morgan fingerprint density at radius 2 is 1.83 bits per heavy atom. The third-order valence-electron chi connectivity index (χ3n) is 3.12. The molecule has 3 aromatic rings. The van der Waals surface area contributed by atoms with E-state index in [4.69, 9.17) is 0 Å². The Kier molecular flexibility index (Phi) is 2.59. The minimum atomic E-state index is 0.440. The molecule has 18 heavy (non-hydrogen) atoms. The average Bonchev–Trinajstić information content (AvgIpc) is 2.82. The SMILES string of the molecule is CC(C)c1cccnc1-n1cnc2ccccc21. The fourth-order valence-corrected chi connectivity index (χ4v) is 2.19. The maximum absolute atomic E-state index is 4.52. The standard InChI is InChI=1S/C15H15N3/c1-11(2)12-6-5-9-16-15(12)18-10-17-13-7-3-4-8-14(13)18/h3-11H,1-2H3. The third-order valence-corrected chi connectivity index (χ3v) is 3.12. The molecular weight excluding hydrogens is 222 g/mol. The van der Waals surface area contributed by atoms with E-state index in [2.05, 4.69) is 40.5 Å². The Hall–Kier alpha value is -2.16. The quantitative estimate of drug-likeness (QED) is 0.682. The van der Waals surface area contributed by atoms with Gasteiger partial charge in [0, 0.05) is 6.20 Å². The Morgan fingerprint density at radius 1 is 1.00 bits per heavy atom. The van der Waals surface area contributed by atoms with Gasteiger partial charge in [-0.25, -0.2) is 9.97 Å². The smallest absolute Gasteiger partial charge is 0.141 e. The lowest BCUT2D eigenvalue weighted by atomic mass is 10.0. The van der Waals surface area contributed by atoms with Crippen LogP contribution in [-0.4, -0.2) is 14.5 Å². The van der Waals surface area contributed by atoms with E-state index < -0.39 is 0 Å². The summed E-state index contributed by atoms with van der Waals surface area (Å²) in [5.41, 5.74) is 3.33. The first-order valence-electron chi connectivity index (χ1n) is 6.15. The van der Waals surface area contributed by atoms with Crippen LogP contribution in [0, 0.1) is 0 Å². The van der Waals surface area contributed by atoms with Crippen molar-refractivity contribution < 1.29 is 0 Å². The van der Waals surface area contributed by atoms with Crippen molar-refractivity contribution in [1.29, 1.82) is 0 Å². The second-order valence-electron chi connectivity index (χ2n) is 4.67. The van der Waals surface area contributed by atoms with E-state index in [-0.39, 0.29) is 0 Å². The lowest BCUT2D eigenvalue weighted by Crippen LogP contribution is -2.02. The molecule has 2 heterocycles. The molecule has 2 aromatic heterocycles. The lowest BCUT2D eigenvalue weighted by Gasteiger charge is -2.12. The van der Waals surface area contributed by atoms with Crippen molar-refractivity contribution in [3.63, 3.8) is 0 Å². The van der Waals surface area contributed by atoms with Crippen LogP contribution in [-0.2, 0) is 0 Å². The first-order valence-corrected chi connectivity index (χ1v) is 6.15. The predicted octanol–water partition coefficient (Wildman–Crippen LogP) is 3.54. The molecule has 0 fully saturated rings. The second-order valence-corrected chi connectivity index (χ2v) is 4.67. The minimum absolute atomic E-state index is 0.440. The number of hydrogen-bond donors (Lipinski definition) is 0. The number of pyridine rings is 1. The normalized spacial score (nSPS) is 11.3. The van der Waals surface area contributed by atoms with Gasteiger partial charge in [0.1, 0.15) is 12.1 Å². The molecular formula is C15H15N3. The molecule has 0 N–H and O–H groups in total. The van der Waals surface area contributed by atoms with Gasteiger partial charge in [-0.05, 0) is 29.7 Å². The highest BCUT2D eigenvalue weighted by molar-refractivity contribution is 5.77. The van der Waals surface area contributed by atoms with Gasteiger partial charge in [-0.15, -0.1) is 0 Å². The highest BCUT2D eigenvalue weighted by Gasteiger charge is 2.11. The van der Waals surface area contributed by atoms with Gasteiger partial charge >= 0.3 is 0 Å². The van der Waals surface area contributed by atoms with Gasteiger partial charge in [-0.3, -0.25) is 4.57 Å². The van der Waals surface area contributed by atoms with E-state index in [1.54, 1.807) is 0 Å². The minimum Gasteiger partial charge on any atom is -0.283 e.